The van der Waals surface area contributed by atoms with Crippen LogP contribution in [0.15, 0.2) is 0 Å². The first-order valence-electron chi connectivity index (χ1n) is 13.6. The zero-order chi connectivity index (χ0) is 20.5. The Morgan fingerprint density at radius 3 is 1.46 bits per heavy atom. The van der Waals surface area contributed by atoms with Gasteiger partial charge in [0.1, 0.15) is 0 Å². The van der Waals surface area contributed by atoms with Gasteiger partial charge in [-0.15, -0.1) is 0 Å². The molecule has 0 heteroatoms. The summed E-state index contributed by atoms with van der Waals surface area (Å²) in [5, 5.41) is 0. The molecule has 0 radical (unpaired) electrons. The van der Waals surface area contributed by atoms with Crippen LogP contribution in [-0.2, 0) is 0 Å². The minimum Gasteiger partial charge on any atom is -0.0654 e. The van der Waals surface area contributed by atoms with E-state index in [0.29, 0.717) is 5.41 Å². The molecule has 0 saturated heterocycles. The maximum absolute atomic E-state index is 2.55. The molecule has 168 valence electrons. The highest BCUT2D eigenvalue weighted by molar-refractivity contribution is 4.90. The Morgan fingerprint density at radius 1 is 0.643 bits per heavy atom. The monoisotopic (exact) mass is 392 g/mol. The van der Waals surface area contributed by atoms with E-state index in [1.807, 2.05) is 0 Å². The molecule has 0 amide bonds. The van der Waals surface area contributed by atoms with Crippen LogP contribution in [0.25, 0.3) is 0 Å². The van der Waals surface area contributed by atoms with Gasteiger partial charge in [-0.05, 0) is 30.1 Å². The van der Waals surface area contributed by atoms with Crippen molar-refractivity contribution in [1.82, 2.24) is 0 Å². The van der Waals surface area contributed by atoms with Crippen LogP contribution in [-0.4, -0.2) is 0 Å². The van der Waals surface area contributed by atoms with Crippen molar-refractivity contribution in [3.8, 4) is 0 Å². The second kappa shape index (κ2) is 16.8. The molecule has 2 atom stereocenters. The van der Waals surface area contributed by atoms with Gasteiger partial charge in [0, 0.05) is 0 Å². The van der Waals surface area contributed by atoms with Crippen LogP contribution >= 0.6 is 0 Å². The third-order valence-electron chi connectivity index (χ3n) is 8.16. The van der Waals surface area contributed by atoms with Gasteiger partial charge in [0.15, 0.2) is 0 Å². The quantitative estimate of drug-likeness (QED) is 0.203. The van der Waals surface area contributed by atoms with Gasteiger partial charge in [-0.2, -0.15) is 0 Å². The van der Waals surface area contributed by atoms with Gasteiger partial charge < -0.3 is 0 Å². The smallest absolute Gasteiger partial charge is 0.0249 e. The highest BCUT2D eigenvalue weighted by atomic mass is 14.4. The molecule has 0 nitrogen and oxygen atoms in total. The molecule has 0 heterocycles. The highest BCUT2D eigenvalue weighted by Gasteiger charge is 2.39. The van der Waals surface area contributed by atoms with E-state index in [2.05, 4.69) is 27.7 Å². The summed E-state index contributed by atoms with van der Waals surface area (Å²) in [6.07, 6.45) is 31.1. The molecule has 1 aliphatic rings. The molecule has 0 N–H and O–H groups in total. The molecular weight excluding hydrogens is 336 g/mol. The first kappa shape index (κ1) is 26.0. The van der Waals surface area contributed by atoms with Gasteiger partial charge in [-0.1, -0.05) is 150 Å². The molecule has 0 aliphatic heterocycles. The molecular formula is C28H56. The van der Waals surface area contributed by atoms with Crippen molar-refractivity contribution < 1.29 is 0 Å². The Labute approximate surface area is 180 Å². The molecule has 0 aromatic carbocycles. The molecule has 1 saturated carbocycles. The van der Waals surface area contributed by atoms with Crippen molar-refractivity contribution in [3.05, 3.63) is 0 Å². The fourth-order valence-electron chi connectivity index (χ4n) is 5.96. The van der Waals surface area contributed by atoms with Crippen molar-refractivity contribution >= 4 is 0 Å². The van der Waals surface area contributed by atoms with Gasteiger partial charge in [-0.25, -0.2) is 0 Å². The summed E-state index contributed by atoms with van der Waals surface area (Å²) in [7, 11) is 0. The largest absolute Gasteiger partial charge is 0.0654 e. The van der Waals surface area contributed by atoms with Crippen LogP contribution in [0.1, 0.15) is 163 Å². The normalized spacial score (nSPS) is 22.8. The molecule has 0 aromatic heterocycles. The standard InChI is InChI=1S/C28H56/c1-5-6-7-8-9-10-11-12-13-14-15-16-17-18-19-21-24-28(26(2)3)25-22-20-23-27(28)4/h26-27H,5-25H2,1-4H3. The maximum Gasteiger partial charge on any atom is -0.0249 e. The molecule has 28 heavy (non-hydrogen) atoms. The second-order valence-electron chi connectivity index (χ2n) is 10.6. The van der Waals surface area contributed by atoms with Gasteiger partial charge in [0.25, 0.3) is 0 Å². The van der Waals surface area contributed by atoms with Crippen molar-refractivity contribution in [2.45, 2.75) is 163 Å². The molecule has 0 aromatic rings. The molecule has 1 aliphatic carbocycles. The number of hydrogen-bond acceptors (Lipinski definition) is 0. The lowest BCUT2D eigenvalue weighted by molar-refractivity contribution is 0.0378. The average Bonchev–Trinajstić information content (AvgIpc) is 2.69. The van der Waals surface area contributed by atoms with Gasteiger partial charge >= 0.3 is 0 Å². The SMILES string of the molecule is CCCCCCCCCCCCCCCCCCC1(C(C)C)CCCCC1C. The van der Waals surface area contributed by atoms with Gasteiger partial charge in [0.2, 0.25) is 0 Å². The van der Waals surface area contributed by atoms with E-state index in [-0.39, 0.29) is 0 Å². The molecule has 0 bridgehead atoms. The van der Waals surface area contributed by atoms with E-state index in [0.717, 1.165) is 11.8 Å². The predicted octanol–water partition coefficient (Wildman–Crippen LogP) is 10.5. The highest BCUT2D eigenvalue weighted by Crippen LogP contribution is 2.50. The van der Waals surface area contributed by atoms with Gasteiger partial charge in [-0.3, -0.25) is 0 Å². The van der Waals surface area contributed by atoms with E-state index in [9.17, 15) is 0 Å². The lowest BCUT2D eigenvalue weighted by Crippen LogP contribution is -2.37. The summed E-state index contributed by atoms with van der Waals surface area (Å²) in [6.45, 7) is 9.84. The first-order valence-corrected chi connectivity index (χ1v) is 13.6. The number of unbranched alkanes of at least 4 members (excludes halogenated alkanes) is 15. The van der Waals surface area contributed by atoms with Crippen LogP contribution in [0, 0.1) is 17.3 Å². The first-order chi connectivity index (χ1) is 13.6. The lowest BCUT2D eigenvalue weighted by Gasteiger charge is -2.46. The summed E-state index contributed by atoms with van der Waals surface area (Å²) in [4.78, 5) is 0. The van der Waals surface area contributed by atoms with E-state index in [1.54, 1.807) is 0 Å². The maximum atomic E-state index is 2.55. The van der Waals surface area contributed by atoms with Crippen molar-refractivity contribution in [2.75, 3.05) is 0 Å². The van der Waals surface area contributed by atoms with Gasteiger partial charge in [0.05, 0.1) is 0 Å². The van der Waals surface area contributed by atoms with E-state index < -0.39 is 0 Å². The summed E-state index contributed by atoms with van der Waals surface area (Å²) in [5.74, 6) is 1.83. The average molecular weight is 393 g/mol. The van der Waals surface area contributed by atoms with Crippen LogP contribution < -0.4 is 0 Å². The number of hydrogen-bond donors (Lipinski definition) is 0. The van der Waals surface area contributed by atoms with Crippen molar-refractivity contribution in [2.24, 2.45) is 17.3 Å². The molecule has 2 unspecified atom stereocenters. The zero-order valence-corrected chi connectivity index (χ0v) is 20.5. The summed E-state index contributed by atoms with van der Waals surface area (Å²) in [5.41, 5.74) is 0.675. The topological polar surface area (TPSA) is 0 Å². The second-order valence-corrected chi connectivity index (χ2v) is 10.6. The van der Waals surface area contributed by atoms with Crippen molar-refractivity contribution in [3.63, 3.8) is 0 Å². The predicted molar refractivity (Wildman–Crippen MR) is 129 cm³/mol. The van der Waals surface area contributed by atoms with Crippen LogP contribution in [0.2, 0.25) is 0 Å². The van der Waals surface area contributed by atoms with Crippen LogP contribution in [0.5, 0.6) is 0 Å². The summed E-state index contributed by atoms with van der Waals surface area (Å²) >= 11 is 0. The van der Waals surface area contributed by atoms with Crippen LogP contribution in [0.4, 0.5) is 0 Å². The minimum atomic E-state index is 0.675. The fourth-order valence-corrected chi connectivity index (χ4v) is 5.96. The lowest BCUT2D eigenvalue weighted by atomic mass is 9.59. The summed E-state index contributed by atoms with van der Waals surface area (Å²) in [6, 6.07) is 0. The zero-order valence-electron chi connectivity index (χ0n) is 20.5. The Bertz CT molecular complexity index is 331. The Morgan fingerprint density at radius 2 is 1.07 bits per heavy atom. The Hall–Kier alpha value is 0. The third-order valence-corrected chi connectivity index (χ3v) is 8.16. The molecule has 0 spiro atoms. The molecule has 1 rings (SSSR count). The van der Waals surface area contributed by atoms with E-state index >= 15 is 0 Å². The summed E-state index contributed by atoms with van der Waals surface area (Å²) < 4.78 is 0. The van der Waals surface area contributed by atoms with Crippen molar-refractivity contribution in [1.29, 1.82) is 0 Å². The van der Waals surface area contributed by atoms with E-state index in [1.165, 1.54) is 135 Å². The Kier molecular flexibility index (Phi) is 15.6. The van der Waals surface area contributed by atoms with E-state index in [4.69, 9.17) is 0 Å². The van der Waals surface area contributed by atoms with Crippen LogP contribution in [0.3, 0.4) is 0 Å². The number of rotatable bonds is 18. The third kappa shape index (κ3) is 10.7. The fraction of sp³-hybridized carbons (Fsp3) is 1.00. The Balaban J connectivity index is 1.89. The molecule has 1 fully saturated rings. The minimum absolute atomic E-state index is 0.675.